The summed E-state index contributed by atoms with van der Waals surface area (Å²) < 4.78 is 0.805. The first kappa shape index (κ1) is 13.4. The van der Waals surface area contributed by atoms with E-state index in [1.165, 1.54) is 12.8 Å². The van der Waals surface area contributed by atoms with Crippen LogP contribution in [0.4, 0.5) is 5.69 Å². The van der Waals surface area contributed by atoms with Gasteiger partial charge in [-0.2, -0.15) is 5.26 Å². The Bertz CT molecular complexity index is 461. The molecule has 1 aromatic carbocycles. The van der Waals surface area contributed by atoms with Crippen LogP contribution < -0.4 is 5.32 Å². The van der Waals surface area contributed by atoms with Crippen LogP contribution in [0.15, 0.2) is 22.7 Å². The Kier molecular flexibility index (Phi) is 4.26. The molecule has 1 fully saturated rings. The molecule has 1 saturated carbocycles. The standard InChI is InChI=1S/C14H17BrN2O/c15-12-4-3-5-13(11(12)8-16)17-9-14(10-18)6-1-2-7-14/h3-5,17-18H,1-2,6-7,9-10H2. The second kappa shape index (κ2) is 5.73. The van der Waals surface area contributed by atoms with E-state index in [2.05, 4.69) is 27.3 Å². The second-order valence-corrected chi connectivity index (χ2v) is 5.85. The van der Waals surface area contributed by atoms with Gasteiger partial charge in [0.1, 0.15) is 6.07 Å². The third-order valence-corrected chi connectivity index (χ3v) is 4.44. The fourth-order valence-corrected chi connectivity index (χ4v) is 3.04. The van der Waals surface area contributed by atoms with E-state index >= 15 is 0 Å². The van der Waals surface area contributed by atoms with Crippen molar-refractivity contribution >= 4 is 21.6 Å². The van der Waals surface area contributed by atoms with Gasteiger partial charge in [-0.3, -0.25) is 0 Å². The third kappa shape index (κ3) is 2.68. The quantitative estimate of drug-likeness (QED) is 0.897. The summed E-state index contributed by atoms with van der Waals surface area (Å²) in [5.74, 6) is 0. The van der Waals surface area contributed by atoms with Gasteiger partial charge in [-0.15, -0.1) is 0 Å². The SMILES string of the molecule is N#Cc1c(Br)cccc1NCC1(CO)CCCC1. The largest absolute Gasteiger partial charge is 0.396 e. The fourth-order valence-electron chi connectivity index (χ4n) is 2.58. The van der Waals surface area contributed by atoms with Crippen LogP contribution in [0, 0.1) is 16.7 Å². The van der Waals surface area contributed by atoms with E-state index < -0.39 is 0 Å². The minimum atomic E-state index is -0.00492. The van der Waals surface area contributed by atoms with Gasteiger partial charge in [-0.05, 0) is 40.9 Å². The lowest BCUT2D eigenvalue weighted by molar-refractivity contribution is 0.142. The Morgan fingerprint density at radius 3 is 2.72 bits per heavy atom. The molecule has 1 aliphatic carbocycles. The van der Waals surface area contributed by atoms with Crippen molar-refractivity contribution in [2.75, 3.05) is 18.5 Å². The number of nitrogens with zero attached hydrogens (tertiary/aromatic N) is 1. The molecule has 0 spiro atoms. The fraction of sp³-hybridized carbons (Fsp3) is 0.500. The van der Waals surface area contributed by atoms with Crippen LogP contribution in [0.1, 0.15) is 31.2 Å². The minimum Gasteiger partial charge on any atom is -0.396 e. The second-order valence-electron chi connectivity index (χ2n) is 4.99. The Morgan fingerprint density at radius 2 is 2.11 bits per heavy atom. The highest BCUT2D eigenvalue weighted by molar-refractivity contribution is 9.10. The van der Waals surface area contributed by atoms with Crippen LogP contribution in [0.2, 0.25) is 0 Å². The summed E-state index contributed by atoms with van der Waals surface area (Å²) in [6.45, 7) is 0.949. The average Bonchev–Trinajstić information content (AvgIpc) is 2.86. The number of aliphatic hydroxyl groups is 1. The normalized spacial score (nSPS) is 17.4. The van der Waals surface area contributed by atoms with Crippen molar-refractivity contribution in [3.8, 4) is 6.07 Å². The molecule has 0 heterocycles. The summed E-state index contributed by atoms with van der Waals surface area (Å²) in [6.07, 6.45) is 4.50. The molecule has 0 unspecified atom stereocenters. The Hall–Kier alpha value is -1.05. The molecule has 0 saturated heterocycles. The van der Waals surface area contributed by atoms with Crippen molar-refractivity contribution < 1.29 is 5.11 Å². The topological polar surface area (TPSA) is 56.0 Å². The first-order valence-corrected chi connectivity index (χ1v) is 7.03. The van der Waals surface area contributed by atoms with Gasteiger partial charge >= 0.3 is 0 Å². The summed E-state index contributed by atoms with van der Waals surface area (Å²) in [5, 5.41) is 22.0. The highest BCUT2D eigenvalue weighted by Gasteiger charge is 2.33. The van der Waals surface area contributed by atoms with Crippen molar-refractivity contribution in [2.24, 2.45) is 5.41 Å². The van der Waals surface area contributed by atoms with E-state index in [-0.39, 0.29) is 12.0 Å². The molecule has 96 valence electrons. The molecule has 0 aromatic heterocycles. The number of nitriles is 1. The number of hydrogen-bond donors (Lipinski definition) is 2. The number of benzene rings is 1. The maximum atomic E-state index is 9.56. The number of rotatable bonds is 4. The van der Waals surface area contributed by atoms with E-state index in [0.717, 1.165) is 29.5 Å². The average molecular weight is 309 g/mol. The van der Waals surface area contributed by atoms with Gasteiger partial charge in [0, 0.05) is 16.4 Å². The van der Waals surface area contributed by atoms with E-state index in [9.17, 15) is 5.11 Å². The monoisotopic (exact) mass is 308 g/mol. The van der Waals surface area contributed by atoms with E-state index in [1.54, 1.807) is 0 Å². The molecular formula is C14H17BrN2O. The summed E-state index contributed by atoms with van der Waals surface area (Å²) in [5.41, 5.74) is 1.46. The van der Waals surface area contributed by atoms with Crippen LogP contribution in [0.25, 0.3) is 0 Å². The van der Waals surface area contributed by atoms with Gasteiger partial charge in [0.05, 0.1) is 17.9 Å². The van der Waals surface area contributed by atoms with Crippen LogP contribution >= 0.6 is 15.9 Å². The number of anilines is 1. The highest BCUT2D eigenvalue weighted by Crippen LogP contribution is 2.38. The van der Waals surface area contributed by atoms with Crippen LogP contribution in [0.5, 0.6) is 0 Å². The zero-order valence-corrected chi connectivity index (χ0v) is 11.8. The molecule has 1 aliphatic rings. The Morgan fingerprint density at radius 1 is 1.39 bits per heavy atom. The molecule has 1 aromatic rings. The first-order chi connectivity index (χ1) is 8.71. The summed E-state index contributed by atoms with van der Waals surface area (Å²) in [6, 6.07) is 7.88. The number of halogens is 1. The molecule has 18 heavy (non-hydrogen) atoms. The molecule has 0 atom stereocenters. The maximum Gasteiger partial charge on any atom is 0.103 e. The molecule has 2 N–H and O–H groups in total. The van der Waals surface area contributed by atoms with Gasteiger partial charge in [0.15, 0.2) is 0 Å². The van der Waals surface area contributed by atoms with Crippen molar-refractivity contribution in [3.63, 3.8) is 0 Å². The summed E-state index contributed by atoms with van der Waals surface area (Å²) in [7, 11) is 0. The summed E-state index contributed by atoms with van der Waals surface area (Å²) >= 11 is 3.38. The lowest BCUT2D eigenvalue weighted by Gasteiger charge is -2.27. The Labute approximate surface area is 116 Å². The predicted octanol–water partition coefficient (Wildman–Crippen LogP) is 3.29. The van der Waals surface area contributed by atoms with Crippen molar-refractivity contribution in [2.45, 2.75) is 25.7 Å². The van der Waals surface area contributed by atoms with Crippen LogP contribution in [-0.4, -0.2) is 18.3 Å². The molecular weight excluding hydrogens is 292 g/mol. The first-order valence-electron chi connectivity index (χ1n) is 6.24. The molecule has 0 radical (unpaired) electrons. The maximum absolute atomic E-state index is 9.56. The Balaban J connectivity index is 2.11. The van der Waals surface area contributed by atoms with Gasteiger partial charge in [-0.1, -0.05) is 18.9 Å². The van der Waals surface area contributed by atoms with E-state index in [1.807, 2.05) is 18.2 Å². The van der Waals surface area contributed by atoms with Gasteiger partial charge in [-0.25, -0.2) is 0 Å². The number of hydrogen-bond acceptors (Lipinski definition) is 3. The number of nitrogens with one attached hydrogen (secondary N) is 1. The molecule has 4 heteroatoms. The number of aliphatic hydroxyl groups excluding tert-OH is 1. The molecule has 0 bridgehead atoms. The molecule has 3 nitrogen and oxygen atoms in total. The van der Waals surface area contributed by atoms with Crippen molar-refractivity contribution in [1.82, 2.24) is 0 Å². The van der Waals surface area contributed by atoms with Crippen molar-refractivity contribution in [1.29, 1.82) is 5.26 Å². The lowest BCUT2D eigenvalue weighted by atomic mass is 9.87. The highest BCUT2D eigenvalue weighted by atomic mass is 79.9. The van der Waals surface area contributed by atoms with Crippen molar-refractivity contribution in [3.05, 3.63) is 28.2 Å². The minimum absolute atomic E-state index is 0.00492. The van der Waals surface area contributed by atoms with Crippen LogP contribution in [0.3, 0.4) is 0 Å². The molecule has 0 amide bonds. The van der Waals surface area contributed by atoms with Gasteiger partial charge in [0.25, 0.3) is 0 Å². The van der Waals surface area contributed by atoms with Gasteiger partial charge in [0.2, 0.25) is 0 Å². The molecule has 0 aliphatic heterocycles. The zero-order valence-electron chi connectivity index (χ0n) is 10.2. The zero-order chi connectivity index (χ0) is 13.0. The third-order valence-electron chi connectivity index (χ3n) is 3.78. The van der Waals surface area contributed by atoms with Crippen LogP contribution in [-0.2, 0) is 0 Å². The lowest BCUT2D eigenvalue weighted by Crippen LogP contribution is -2.30. The van der Waals surface area contributed by atoms with E-state index in [0.29, 0.717) is 5.56 Å². The molecule has 2 rings (SSSR count). The van der Waals surface area contributed by atoms with E-state index in [4.69, 9.17) is 5.26 Å². The van der Waals surface area contributed by atoms with Gasteiger partial charge < -0.3 is 10.4 Å². The summed E-state index contributed by atoms with van der Waals surface area (Å²) in [4.78, 5) is 0. The smallest absolute Gasteiger partial charge is 0.103 e. The predicted molar refractivity (Wildman–Crippen MR) is 75.3 cm³/mol.